The number of hydrogen-bond acceptors (Lipinski definition) is 3. The Balaban J connectivity index is 2.38. The van der Waals surface area contributed by atoms with E-state index in [2.05, 4.69) is 28.6 Å². The van der Waals surface area contributed by atoms with E-state index in [1.165, 1.54) is 26.2 Å². The van der Waals surface area contributed by atoms with Crippen LogP contribution in [0.4, 0.5) is 0 Å². The Morgan fingerprint density at radius 2 is 1.89 bits per heavy atom. The van der Waals surface area contributed by atoms with Crippen molar-refractivity contribution >= 4 is 5.97 Å². The van der Waals surface area contributed by atoms with Gasteiger partial charge in [0.15, 0.2) is 5.60 Å². The van der Waals surface area contributed by atoms with E-state index in [-0.39, 0.29) is 5.97 Å². The van der Waals surface area contributed by atoms with E-state index in [0.717, 1.165) is 19.6 Å². The van der Waals surface area contributed by atoms with Crippen LogP contribution in [0.25, 0.3) is 0 Å². The average Bonchev–Trinajstić information content (AvgIpc) is 2.28. The van der Waals surface area contributed by atoms with Crippen molar-refractivity contribution in [3.05, 3.63) is 0 Å². The summed E-state index contributed by atoms with van der Waals surface area (Å²) in [5.74, 6) is 11.1. The van der Waals surface area contributed by atoms with Crippen LogP contribution in [0.2, 0.25) is 0 Å². The van der Waals surface area contributed by atoms with Gasteiger partial charge in [-0.1, -0.05) is 12.3 Å². The molecule has 1 fully saturated rings. The van der Waals surface area contributed by atoms with E-state index in [4.69, 9.17) is 4.74 Å². The van der Waals surface area contributed by atoms with Crippen LogP contribution >= 0.6 is 0 Å². The fraction of sp³-hybridized carbons (Fsp3) is 0.667. The van der Waals surface area contributed by atoms with Gasteiger partial charge in [0.05, 0.1) is 6.54 Å². The van der Waals surface area contributed by atoms with Crippen molar-refractivity contribution in [1.82, 2.24) is 4.90 Å². The van der Waals surface area contributed by atoms with Crippen molar-refractivity contribution in [2.75, 3.05) is 19.6 Å². The summed E-state index contributed by atoms with van der Waals surface area (Å²) >= 11 is 0. The highest BCUT2D eigenvalue weighted by Crippen LogP contribution is 2.07. The van der Waals surface area contributed by atoms with E-state index in [9.17, 15) is 4.79 Å². The molecular formula is C15H21NO2. The maximum atomic E-state index is 10.8. The maximum absolute atomic E-state index is 10.8. The lowest BCUT2D eigenvalue weighted by atomic mass is 10.1. The van der Waals surface area contributed by atoms with Gasteiger partial charge in [-0.2, -0.15) is 0 Å². The molecule has 0 aliphatic carbocycles. The number of hydrogen-bond donors (Lipinski definition) is 0. The lowest BCUT2D eigenvalue weighted by molar-refractivity contribution is -0.148. The van der Waals surface area contributed by atoms with Gasteiger partial charge >= 0.3 is 5.97 Å². The number of nitrogens with zero attached hydrogens (tertiary/aromatic N) is 1. The van der Waals surface area contributed by atoms with Gasteiger partial charge in [0.2, 0.25) is 0 Å². The van der Waals surface area contributed by atoms with E-state index in [0.29, 0.717) is 0 Å². The van der Waals surface area contributed by atoms with Gasteiger partial charge in [0, 0.05) is 6.92 Å². The Hall–Kier alpha value is -1.45. The van der Waals surface area contributed by atoms with Crippen molar-refractivity contribution in [1.29, 1.82) is 0 Å². The number of carbonyl (C=O) groups excluding carboxylic acids is 1. The molecule has 0 atom stereocenters. The molecule has 0 bridgehead atoms. The van der Waals surface area contributed by atoms with E-state index in [1.807, 2.05) is 0 Å². The van der Waals surface area contributed by atoms with Gasteiger partial charge < -0.3 is 4.74 Å². The molecule has 3 heteroatoms. The predicted octanol–water partition coefficient (Wildman–Crippen LogP) is 1.82. The molecule has 0 N–H and O–H groups in total. The summed E-state index contributed by atoms with van der Waals surface area (Å²) in [5.41, 5.74) is -0.758. The van der Waals surface area contributed by atoms with Gasteiger partial charge in [-0.25, -0.2) is 0 Å². The molecule has 0 saturated carbocycles. The Morgan fingerprint density at radius 3 is 2.50 bits per heavy atom. The Morgan fingerprint density at radius 1 is 1.22 bits per heavy atom. The standard InChI is InChI=1S/C15H21NO2/c1-14(17)18-15(2,3)10-6-4-7-11-16-12-8-5-9-13-16/h5,8-9,11-13H2,1-3H3. The lowest BCUT2D eigenvalue weighted by Gasteiger charge is -2.23. The van der Waals surface area contributed by atoms with Gasteiger partial charge in [0.25, 0.3) is 0 Å². The second kappa shape index (κ2) is 7.09. The highest BCUT2D eigenvalue weighted by molar-refractivity contribution is 5.67. The molecule has 1 aliphatic heterocycles. The Kier molecular flexibility index (Phi) is 5.75. The number of piperidine rings is 1. The van der Waals surface area contributed by atoms with Crippen molar-refractivity contribution < 1.29 is 9.53 Å². The SMILES string of the molecule is CC(=O)OC(C)(C)C#CC#CCN1CCCCC1. The van der Waals surface area contributed by atoms with E-state index in [1.54, 1.807) is 13.8 Å². The molecule has 1 saturated heterocycles. The minimum atomic E-state index is -0.758. The van der Waals surface area contributed by atoms with Crippen LogP contribution in [-0.2, 0) is 9.53 Å². The van der Waals surface area contributed by atoms with Crippen molar-refractivity contribution in [2.24, 2.45) is 0 Å². The molecule has 0 aromatic rings. The summed E-state index contributed by atoms with van der Waals surface area (Å²) in [6, 6.07) is 0. The Bertz CT molecular complexity index is 398. The number of likely N-dealkylation sites (tertiary alicyclic amines) is 1. The third-order valence-electron chi connectivity index (χ3n) is 2.66. The van der Waals surface area contributed by atoms with Crippen molar-refractivity contribution in [3.63, 3.8) is 0 Å². The molecule has 18 heavy (non-hydrogen) atoms. The first-order chi connectivity index (χ1) is 8.49. The third kappa shape index (κ3) is 6.33. The summed E-state index contributed by atoms with van der Waals surface area (Å²) in [6.07, 6.45) is 3.87. The normalized spacial score (nSPS) is 15.9. The molecule has 0 amide bonds. The highest BCUT2D eigenvalue weighted by Gasteiger charge is 2.16. The number of rotatable bonds is 2. The van der Waals surface area contributed by atoms with E-state index >= 15 is 0 Å². The highest BCUT2D eigenvalue weighted by atomic mass is 16.6. The predicted molar refractivity (Wildman–Crippen MR) is 71.7 cm³/mol. The van der Waals surface area contributed by atoms with Crippen LogP contribution in [0.15, 0.2) is 0 Å². The molecule has 98 valence electrons. The first-order valence-electron chi connectivity index (χ1n) is 6.41. The van der Waals surface area contributed by atoms with Crippen LogP contribution in [0, 0.1) is 23.7 Å². The lowest BCUT2D eigenvalue weighted by Crippen LogP contribution is -2.29. The van der Waals surface area contributed by atoms with Gasteiger partial charge in [-0.15, -0.1) is 0 Å². The molecule has 0 aromatic heterocycles. The largest absolute Gasteiger partial charge is 0.447 e. The minimum absolute atomic E-state index is 0.324. The summed E-state index contributed by atoms with van der Waals surface area (Å²) in [6.45, 7) is 7.96. The van der Waals surface area contributed by atoms with Crippen LogP contribution < -0.4 is 0 Å². The number of carbonyl (C=O) groups is 1. The van der Waals surface area contributed by atoms with Crippen molar-refractivity contribution in [2.45, 2.75) is 45.6 Å². The fourth-order valence-electron chi connectivity index (χ4n) is 1.88. The van der Waals surface area contributed by atoms with Gasteiger partial charge in [-0.05, 0) is 57.5 Å². The second-order valence-corrected chi connectivity index (χ2v) is 4.99. The van der Waals surface area contributed by atoms with Gasteiger partial charge in [-0.3, -0.25) is 9.69 Å². The summed E-state index contributed by atoms with van der Waals surface area (Å²) in [5, 5.41) is 0. The molecule has 3 nitrogen and oxygen atoms in total. The molecule has 0 unspecified atom stereocenters. The maximum Gasteiger partial charge on any atom is 0.304 e. The smallest absolute Gasteiger partial charge is 0.304 e. The molecule has 1 aliphatic rings. The average molecular weight is 247 g/mol. The summed E-state index contributed by atoms with van der Waals surface area (Å²) < 4.78 is 5.04. The summed E-state index contributed by atoms with van der Waals surface area (Å²) in [7, 11) is 0. The molecular weight excluding hydrogens is 226 g/mol. The minimum Gasteiger partial charge on any atom is -0.447 e. The zero-order valence-corrected chi connectivity index (χ0v) is 11.5. The quantitative estimate of drug-likeness (QED) is 0.550. The van der Waals surface area contributed by atoms with E-state index < -0.39 is 5.60 Å². The molecule has 1 heterocycles. The zero-order valence-electron chi connectivity index (χ0n) is 11.5. The number of ether oxygens (including phenoxy) is 1. The van der Waals surface area contributed by atoms with Crippen LogP contribution in [-0.4, -0.2) is 36.1 Å². The number of esters is 1. The molecule has 1 rings (SSSR count). The first-order valence-corrected chi connectivity index (χ1v) is 6.41. The van der Waals surface area contributed by atoms with Crippen molar-refractivity contribution in [3.8, 4) is 23.7 Å². The first kappa shape index (κ1) is 14.6. The van der Waals surface area contributed by atoms with Crippen LogP contribution in [0.5, 0.6) is 0 Å². The second-order valence-electron chi connectivity index (χ2n) is 4.99. The van der Waals surface area contributed by atoms with Crippen LogP contribution in [0.1, 0.15) is 40.0 Å². The third-order valence-corrected chi connectivity index (χ3v) is 2.66. The van der Waals surface area contributed by atoms with Gasteiger partial charge in [0.1, 0.15) is 0 Å². The zero-order chi connectivity index (χ0) is 13.4. The van der Waals surface area contributed by atoms with Crippen LogP contribution in [0.3, 0.4) is 0 Å². The molecule has 0 radical (unpaired) electrons. The monoisotopic (exact) mass is 247 g/mol. The topological polar surface area (TPSA) is 29.5 Å². The Labute approximate surface area is 110 Å². The summed E-state index contributed by atoms with van der Waals surface area (Å²) in [4.78, 5) is 13.2. The molecule has 0 spiro atoms. The fourth-order valence-corrected chi connectivity index (χ4v) is 1.88. The molecule has 0 aromatic carbocycles.